The molecule has 3 rings (SSSR count). The molecule has 0 amide bonds. The molecule has 0 spiro atoms. The Morgan fingerprint density at radius 2 is 1.28 bits per heavy atom. The van der Waals surface area contributed by atoms with Crippen LogP contribution in [0.3, 0.4) is 0 Å². The van der Waals surface area contributed by atoms with Gasteiger partial charge in [0.25, 0.3) is 0 Å². The van der Waals surface area contributed by atoms with Crippen molar-refractivity contribution >= 4 is 70.1 Å². The predicted molar refractivity (Wildman–Crippen MR) is 84.9 cm³/mol. The molecule has 3 aromatic rings. The van der Waals surface area contributed by atoms with Gasteiger partial charge in [0.2, 0.25) is 0 Å². The van der Waals surface area contributed by atoms with Crippen molar-refractivity contribution in [2.24, 2.45) is 0 Å². The van der Waals surface area contributed by atoms with Crippen LogP contribution in [-0.2, 0) is 0 Å². The first kappa shape index (κ1) is 11.7. The second-order valence-electron chi connectivity index (χ2n) is 3.55. The molecular formula is C12H8B2O2S2. The Morgan fingerprint density at radius 1 is 0.833 bits per heavy atom. The van der Waals surface area contributed by atoms with Crippen LogP contribution in [0.1, 0.15) is 0 Å². The number of thiophene rings is 2. The summed E-state index contributed by atoms with van der Waals surface area (Å²) in [6.45, 7) is 0. The van der Waals surface area contributed by atoms with E-state index in [0.717, 1.165) is 31.7 Å². The quantitative estimate of drug-likeness (QED) is 0.676. The molecule has 2 heterocycles. The normalized spacial score (nSPS) is 10.6. The van der Waals surface area contributed by atoms with Gasteiger partial charge in [0.1, 0.15) is 0 Å². The molecule has 0 fully saturated rings. The first-order chi connectivity index (χ1) is 8.86. The van der Waals surface area contributed by atoms with E-state index < -0.39 is 0 Å². The molecule has 0 atom stereocenters. The van der Waals surface area contributed by atoms with Crippen LogP contribution in [0, 0.1) is 0 Å². The van der Waals surface area contributed by atoms with Crippen molar-refractivity contribution in [2.45, 2.75) is 0 Å². The maximum absolute atomic E-state index is 5.58. The van der Waals surface area contributed by atoms with E-state index in [4.69, 9.17) is 9.47 Å². The van der Waals surface area contributed by atoms with Gasteiger partial charge in [0.05, 0.1) is 0 Å². The van der Waals surface area contributed by atoms with Crippen molar-refractivity contribution in [3.8, 4) is 11.5 Å². The SMILES string of the molecule is B=COc1c2ccsc2c(OC=B)c2ccsc12. The number of hydrogen-bond donors (Lipinski definition) is 0. The first-order valence-corrected chi connectivity index (χ1v) is 7.08. The van der Waals surface area contributed by atoms with Crippen molar-refractivity contribution in [1.82, 2.24) is 0 Å². The van der Waals surface area contributed by atoms with Gasteiger partial charge in [-0.05, 0) is 0 Å². The van der Waals surface area contributed by atoms with Crippen molar-refractivity contribution < 1.29 is 9.47 Å². The summed E-state index contributed by atoms with van der Waals surface area (Å²) in [4.78, 5) is 0. The number of fused-ring (bicyclic) bond motifs is 2. The zero-order valence-corrected chi connectivity index (χ0v) is 11.1. The minimum absolute atomic E-state index is 0.850. The van der Waals surface area contributed by atoms with E-state index >= 15 is 0 Å². The number of hydrogen-bond acceptors (Lipinski definition) is 4. The van der Waals surface area contributed by atoms with Crippen LogP contribution in [0.15, 0.2) is 22.9 Å². The van der Waals surface area contributed by atoms with Crippen LogP contribution in [0.4, 0.5) is 0 Å². The monoisotopic (exact) mass is 270 g/mol. The first-order valence-electron chi connectivity index (χ1n) is 5.32. The van der Waals surface area contributed by atoms with E-state index in [0.29, 0.717) is 0 Å². The van der Waals surface area contributed by atoms with Crippen LogP contribution in [0.5, 0.6) is 11.5 Å². The third kappa shape index (κ3) is 1.64. The topological polar surface area (TPSA) is 18.5 Å². The molecule has 0 saturated carbocycles. The van der Waals surface area contributed by atoms with E-state index in [1.807, 2.05) is 22.9 Å². The van der Waals surface area contributed by atoms with Gasteiger partial charge in [0.15, 0.2) is 0 Å². The average Bonchev–Trinajstić information content (AvgIpc) is 3.01. The summed E-state index contributed by atoms with van der Waals surface area (Å²) < 4.78 is 13.3. The third-order valence-corrected chi connectivity index (χ3v) is 4.46. The molecule has 0 N–H and O–H groups in total. The summed E-state index contributed by atoms with van der Waals surface area (Å²) in [5.74, 6) is 1.70. The standard InChI is InChI=1S/C12H8B2O2S2/c13-5-15-9-7-1-3-17-11(7)10(16-6-14)8-2-4-18-12(8)9/h1-6,13-14H. The Morgan fingerprint density at radius 3 is 1.67 bits per heavy atom. The summed E-state index contributed by atoms with van der Waals surface area (Å²) in [6, 6.07) is 4.07. The fourth-order valence-corrected chi connectivity index (χ4v) is 3.76. The molecular weight excluding hydrogens is 262 g/mol. The van der Waals surface area contributed by atoms with Crippen molar-refractivity contribution in [2.75, 3.05) is 0 Å². The molecule has 0 radical (unpaired) electrons. The summed E-state index contributed by atoms with van der Waals surface area (Å²) in [5, 5.41) is 6.15. The summed E-state index contributed by atoms with van der Waals surface area (Å²) >= 11 is 3.26. The van der Waals surface area contributed by atoms with Gasteiger partial charge >= 0.3 is 114 Å². The van der Waals surface area contributed by atoms with Crippen molar-refractivity contribution in [3.63, 3.8) is 0 Å². The zero-order chi connectivity index (χ0) is 12.5. The fraction of sp³-hybridized carbons (Fsp3) is 0. The molecule has 0 bridgehead atoms. The van der Waals surface area contributed by atoms with E-state index in [1.165, 1.54) is 12.3 Å². The second-order valence-corrected chi connectivity index (χ2v) is 5.39. The van der Waals surface area contributed by atoms with E-state index in [2.05, 4.69) is 15.0 Å². The molecule has 0 unspecified atom stereocenters. The van der Waals surface area contributed by atoms with E-state index in [9.17, 15) is 0 Å². The van der Waals surface area contributed by atoms with Crippen LogP contribution in [0.2, 0.25) is 0 Å². The van der Waals surface area contributed by atoms with Gasteiger partial charge in [-0.2, -0.15) is 0 Å². The molecule has 0 aliphatic carbocycles. The van der Waals surface area contributed by atoms with Crippen LogP contribution in [0.25, 0.3) is 20.2 Å². The Labute approximate surface area is 114 Å². The minimum atomic E-state index is 0.850. The van der Waals surface area contributed by atoms with Gasteiger partial charge in [-0.25, -0.2) is 0 Å². The van der Waals surface area contributed by atoms with Crippen LogP contribution >= 0.6 is 22.7 Å². The number of rotatable bonds is 4. The van der Waals surface area contributed by atoms with Gasteiger partial charge in [-0.3, -0.25) is 0 Å². The molecule has 2 nitrogen and oxygen atoms in total. The fourth-order valence-electron chi connectivity index (χ4n) is 1.97. The van der Waals surface area contributed by atoms with Crippen LogP contribution in [-0.4, -0.2) is 27.3 Å². The van der Waals surface area contributed by atoms with Crippen LogP contribution < -0.4 is 9.47 Å². The summed E-state index contributed by atoms with van der Waals surface area (Å²) in [6.07, 6.45) is 2.92. The Hall–Kier alpha value is -1.39. The molecule has 0 aliphatic rings. The summed E-state index contributed by atoms with van der Waals surface area (Å²) in [7, 11) is 7.27. The van der Waals surface area contributed by atoms with Crippen molar-refractivity contribution in [1.29, 1.82) is 0 Å². The number of benzene rings is 1. The molecule has 6 heteroatoms. The third-order valence-electron chi connectivity index (χ3n) is 2.63. The van der Waals surface area contributed by atoms with Gasteiger partial charge < -0.3 is 0 Å². The molecule has 0 saturated heterocycles. The van der Waals surface area contributed by atoms with E-state index in [1.54, 1.807) is 22.7 Å². The molecule has 18 heavy (non-hydrogen) atoms. The Kier molecular flexibility index (Phi) is 3.06. The molecule has 0 aliphatic heterocycles. The number of ether oxygens (including phenoxy) is 2. The van der Waals surface area contributed by atoms with Gasteiger partial charge in [-0.15, -0.1) is 0 Å². The molecule has 2 aromatic heterocycles. The van der Waals surface area contributed by atoms with Crippen molar-refractivity contribution in [3.05, 3.63) is 22.9 Å². The Balaban J connectivity index is 2.47. The maximum atomic E-state index is 5.58. The predicted octanol–water partition coefficient (Wildman–Crippen LogP) is 2.19. The summed E-state index contributed by atoms with van der Waals surface area (Å²) in [5.41, 5.74) is 0. The van der Waals surface area contributed by atoms with E-state index in [-0.39, 0.29) is 0 Å². The van der Waals surface area contributed by atoms with Gasteiger partial charge in [0, 0.05) is 0 Å². The van der Waals surface area contributed by atoms with Gasteiger partial charge in [-0.1, -0.05) is 0 Å². The zero-order valence-electron chi connectivity index (χ0n) is 9.51. The Bertz CT molecular complexity index is 634. The molecule has 86 valence electrons. The molecule has 1 aromatic carbocycles. The second kappa shape index (κ2) is 4.71. The average molecular weight is 270 g/mol.